The van der Waals surface area contributed by atoms with Crippen LogP contribution < -0.4 is 15.8 Å². The normalized spacial score (nSPS) is 13.6. The molecule has 0 saturated heterocycles. The van der Waals surface area contributed by atoms with E-state index in [2.05, 4.69) is 10.4 Å². The molecule has 176 valence electrons. The zero-order valence-electron chi connectivity index (χ0n) is 18.4. The van der Waals surface area contributed by atoms with Gasteiger partial charge in [0.1, 0.15) is 34.7 Å². The average Bonchev–Trinajstić information content (AvgIpc) is 3.47. The number of carbonyl (C=O) groups excluding carboxylic acids is 1. The first-order valence-corrected chi connectivity index (χ1v) is 10.7. The Kier molecular flexibility index (Phi) is 6.45. The second-order valence-corrected chi connectivity index (χ2v) is 8.03. The molecule has 1 fully saturated rings. The lowest BCUT2D eigenvalue weighted by Gasteiger charge is -2.12. The molecule has 1 aliphatic carbocycles. The maximum Gasteiger partial charge on any atom is 0.255 e. The Balaban J connectivity index is 1.60. The maximum absolute atomic E-state index is 15.0. The molecule has 0 bridgehead atoms. The van der Waals surface area contributed by atoms with Gasteiger partial charge in [0.05, 0.1) is 18.7 Å². The van der Waals surface area contributed by atoms with Gasteiger partial charge in [-0.2, -0.15) is 10.4 Å². The summed E-state index contributed by atoms with van der Waals surface area (Å²) in [7, 11) is 1.33. The number of hydrogen-bond acceptors (Lipinski definition) is 5. The van der Waals surface area contributed by atoms with Crippen molar-refractivity contribution in [3.8, 4) is 23.1 Å². The number of nitrogen functional groups attached to an aromatic ring is 1. The SMILES string of the molecule is COc1ccc(F)cc1C(=O)NCc1ccc(-c2nn(C3CCCC3)c(N)c2C#N)c(F)c1F. The number of rotatable bonds is 6. The number of benzene rings is 2. The van der Waals surface area contributed by atoms with E-state index in [0.717, 1.165) is 37.8 Å². The van der Waals surface area contributed by atoms with E-state index in [1.807, 2.05) is 6.07 Å². The molecule has 1 heterocycles. The molecule has 4 rings (SSSR count). The molecule has 10 heteroatoms. The Morgan fingerprint density at radius 1 is 1.24 bits per heavy atom. The highest BCUT2D eigenvalue weighted by Gasteiger charge is 2.27. The van der Waals surface area contributed by atoms with Crippen molar-refractivity contribution < 1.29 is 22.7 Å². The van der Waals surface area contributed by atoms with Crippen LogP contribution in [0.15, 0.2) is 30.3 Å². The first-order valence-electron chi connectivity index (χ1n) is 10.7. The van der Waals surface area contributed by atoms with Crippen LogP contribution in [0.25, 0.3) is 11.3 Å². The third-order valence-electron chi connectivity index (χ3n) is 5.99. The number of aromatic nitrogens is 2. The predicted molar refractivity (Wildman–Crippen MR) is 118 cm³/mol. The zero-order valence-corrected chi connectivity index (χ0v) is 18.4. The number of halogens is 3. The van der Waals surface area contributed by atoms with Crippen LogP contribution in [0.2, 0.25) is 0 Å². The minimum absolute atomic E-state index is 0.00977. The number of hydrogen-bond donors (Lipinski definition) is 2. The third-order valence-corrected chi connectivity index (χ3v) is 5.99. The maximum atomic E-state index is 15.0. The van der Waals surface area contributed by atoms with Gasteiger partial charge in [0, 0.05) is 17.7 Å². The summed E-state index contributed by atoms with van der Waals surface area (Å²) in [5.41, 5.74) is 5.66. The number of nitriles is 1. The Hall–Kier alpha value is -4.00. The van der Waals surface area contributed by atoms with Gasteiger partial charge in [-0.15, -0.1) is 0 Å². The second kappa shape index (κ2) is 9.47. The zero-order chi connectivity index (χ0) is 24.4. The summed E-state index contributed by atoms with van der Waals surface area (Å²) in [6.45, 7) is -0.356. The van der Waals surface area contributed by atoms with Crippen LogP contribution in [0.3, 0.4) is 0 Å². The van der Waals surface area contributed by atoms with Crippen molar-refractivity contribution in [2.24, 2.45) is 0 Å². The highest BCUT2D eigenvalue weighted by molar-refractivity contribution is 5.96. The summed E-state index contributed by atoms with van der Waals surface area (Å²) >= 11 is 0. The smallest absolute Gasteiger partial charge is 0.255 e. The molecule has 3 N–H and O–H groups in total. The fourth-order valence-electron chi connectivity index (χ4n) is 4.21. The van der Waals surface area contributed by atoms with Gasteiger partial charge in [-0.25, -0.2) is 17.9 Å². The molecule has 34 heavy (non-hydrogen) atoms. The van der Waals surface area contributed by atoms with Crippen molar-refractivity contribution in [3.05, 3.63) is 64.5 Å². The summed E-state index contributed by atoms with van der Waals surface area (Å²) in [5, 5.41) is 16.3. The van der Waals surface area contributed by atoms with E-state index >= 15 is 4.39 Å². The number of carbonyl (C=O) groups is 1. The highest BCUT2D eigenvalue weighted by atomic mass is 19.2. The number of ether oxygens (including phenoxy) is 1. The van der Waals surface area contributed by atoms with Gasteiger partial charge in [0.15, 0.2) is 11.6 Å². The van der Waals surface area contributed by atoms with E-state index < -0.39 is 23.4 Å². The lowest BCUT2D eigenvalue weighted by Crippen LogP contribution is -2.24. The number of nitrogens with two attached hydrogens (primary N) is 1. The van der Waals surface area contributed by atoms with Crippen LogP contribution in [0.1, 0.15) is 53.2 Å². The van der Waals surface area contributed by atoms with Crippen LogP contribution in [-0.2, 0) is 6.54 Å². The molecule has 0 spiro atoms. The Morgan fingerprint density at radius 2 is 1.97 bits per heavy atom. The number of anilines is 1. The number of amides is 1. The van der Waals surface area contributed by atoms with Gasteiger partial charge < -0.3 is 15.8 Å². The van der Waals surface area contributed by atoms with Gasteiger partial charge in [-0.3, -0.25) is 4.79 Å². The monoisotopic (exact) mass is 469 g/mol. The van der Waals surface area contributed by atoms with Crippen LogP contribution >= 0.6 is 0 Å². The number of nitrogens with one attached hydrogen (secondary N) is 1. The Bertz CT molecular complexity index is 1290. The van der Waals surface area contributed by atoms with Gasteiger partial charge in [0.2, 0.25) is 0 Å². The van der Waals surface area contributed by atoms with E-state index in [0.29, 0.717) is 0 Å². The van der Waals surface area contributed by atoms with E-state index in [1.54, 1.807) is 0 Å². The molecule has 1 aromatic heterocycles. The fraction of sp³-hybridized carbons (Fsp3) is 0.292. The van der Waals surface area contributed by atoms with E-state index in [9.17, 15) is 18.8 Å². The molecular formula is C24H22F3N5O2. The topological polar surface area (TPSA) is 106 Å². The van der Waals surface area contributed by atoms with E-state index in [-0.39, 0.29) is 52.1 Å². The van der Waals surface area contributed by atoms with Gasteiger partial charge in [-0.05, 0) is 37.1 Å². The van der Waals surface area contributed by atoms with Crippen LogP contribution in [0, 0.1) is 28.8 Å². The van der Waals surface area contributed by atoms with Gasteiger partial charge in [0.25, 0.3) is 5.91 Å². The van der Waals surface area contributed by atoms with Gasteiger partial charge >= 0.3 is 0 Å². The number of nitrogens with zero attached hydrogens (tertiary/aromatic N) is 3. The van der Waals surface area contributed by atoms with Gasteiger partial charge in [-0.1, -0.05) is 18.9 Å². The lowest BCUT2D eigenvalue weighted by atomic mass is 10.0. The quantitative estimate of drug-likeness (QED) is 0.554. The predicted octanol–water partition coefficient (Wildman–Crippen LogP) is 4.47. The fourth-order valence-corrected chi connectivity index (χ4v) is 4.21. The summed E-state index contributed by atoms with van der Waals surface area (Å²) in [5.74, 6) is -3.48. The molecule has 1 aliphatic rings. The Labute approximate surface area is 193 Å². The largest absolute Gasteiger partial charge is 0.496 e. The average molecular weight is 469 g/mol. The van der Waals surface area contributed by atoms with E-state index in [4.69, 9.17) is 10.5 Å². The minimum Gasteiger partial charge on any atom is -0.496 e. The first kappa shape index (κ1) is 23.2. The molecule has 7 nitrogen and oxygen atoms in total. The van der Waals surface area contributed by atoms with Crippen LogP contribution in [0.4, 0.5) is 19.0 Å². The molecule has 0 aliphatic heterocycles. The molecule has 3 aromatic rings. The number of methoxy groups -OCH3 is 1. The molecular weight excluding hydrogens is 447 g/mol. The van der Waals surface area contributed by atoms with Crippen molar-refractivity contribution in [2.45, 2.75) is 38.3 Å². The Morgan fingerprint density at radius 3 is 2.65 bits per heavy atom. The lowest BCUT2D eigenvalue weighted by molar-refractivity contribution is 0.0947. The summed E-state index contributed by atoms with van der Waals surface area (Å²) < 4.78 is 50.0. The summed E-state index contributed by atoms with van der Waals surface area (Å²) in [6, 6.07) is 7.97. The van der Waals surface area contributed by atoms with Crippen LogP contribution in [-0.4, -0.2) is 22.8 Å². The summed E-state index contributed by atoms with van der Waals surface area (Å²) in [4.78, 5) is 12.4. The summed E-state index contributed by atoms with van der Waals surface area (Å²) in [6.07, 6.45) is 3.71. The van der Waals surface area contributed by atoms with Crippen molar-refractivity contribution >= 4 is 11.7 Å². The molecule has 0 unspecified atom stereocenters. The molecule has 2 aromatic carbocycles. The second-order valence-electron chi connectivity index (χ2n) is 8.03. The first-order chi connectivity index (χ1) is 16.3. The van der Waals surface area contributed by atoms with Crippen LogP contribution in [0.5, 0.6) is 5.75 Å². The molecule has 1 saturated carbocycles. The minimum atomic E-state index is -1.21. The molecule has 1 amide bonds. The van der Waals surface area contributed by atoms with E-state index in [1.165, 1.54) is 30.0 Å². The molecule has 0 radical (unpaired) electrons. The standard InChI is InChI=1S/C24H22F3N5O2/c1-34-19-9-7-14(25)10-17(19)24(33)30-12-13-6-8-16(21(27)20(13)26)22-18(11-28)23(29)32(31-22)15-4-2-3-5-15/h6-10,15H,2-5,12,29H2,1H3,(H,30,33). The van der Waals surface area contributed by atoms with Crippen molar-refractivity contribution in [1.29, 1.82) is 5.26 Å². The van der Waals surface area contributed by atoms with Crippen molar-refractivity contribution in [1.82, 2.24) is 15.1 Å². The van der Waals surface area contributed by atoms with Crippen molar-refractivity contribution in [2.75, 3.05) is 12.8 Å². The third kappa shape index (κ3) is 4.17. The highest BCUT2D eigenvalue weighted by Crippen LogP contribution is 2.36. The molecule has 0 atom stereocenters. The van der Waals surface area contributed by atoms with Crippen molar-refractivity contribution in [3.63, 3.8) is 0 Å².